The number of rotatable bonds is 11. The van der Waals surface area contributed by atoms with Crippen molar-refractivity contribution in [3.63, 3.8) is 0 Å². The standard InChI is InChI=1S/C13H22BO2.3C4H9.Sn/c1-12(2)13(3,4)16-14(15-12)11-8-9-5-6-10(11)7-9;3*1-3-4-2;/h8-11H,5-7H2,1-4H3;3*1,3-4H2,2H3;/t9-,10+,11+;;;;/m0..../s1. The van der Waals surface area contributed by atoms with Gasteiger partial charge in [0.2, 0.25) is 0 Å². The Morgan fingerprint density at radius 2 is 1.21 bits per heavy atom. The van der Waals surface area contributed by atoms with Gasteiger partial charge in [-0.05, 0) is 0 Å². The molecule has 0 aromatic heterocycles. The van der Waals surface area contributed by atoms with Gasteiger partial charge in [-0.2, -0.15) is 0 Å². The van der Waals surface area contributed by atoms with Gasteiger partial charge >= 0.3 is 187 Å². The molecule has 0 N–H and O–H groups in total. The fourth-order valence-electron chi connectivity index (χ4n) is 7.14. The van der Waals surface area contributed by atoms with Crippen molar-refractivity contribution in [1.82, 2.24) is 0 Å². The van der Waals surface area contributed by atoms with Gasteiger partial charge in [0.1, 0.15) is 0 Å². The van der Waals surface area contributed by atoms with E-state index in [2.05, 4.69) is 48.5 Å². The molecule has 0 aromatic carbocycles. The average Bonchev–Trinajstić information content (AvgIpc) is 3.33. The molecule has 3 rings (SSSR count). The van der Waals surface area contributed by atoms with Crippen LogP contribution in [0.1, 0.15) is 106 Å². The molecular formula is C25H49BO2Sn. The Hall–Kier alpha value is 0.784. The van der Waals surface area contributed by atoms with E-state index in [1.165, 1.54) is 57.8 Å². The molecule has 3 fully saturated rings. The van der Waals surface area contributed by atoms with Crippen LogP contribution in [0.4, 0.5) is 0 Å². The Balaban J connectivity index is 1.93. The molecule has 2 saturated carbocycles. The van der Waals surface area contributed by atoms with E-state index in [4.69, 9.17) is 9.31 Å². The summed E-state index contributed by atoms with van der Waals surface area (Å²) in [4.78, 5) is 0. The topological polar surface area (TPSA) is 18.5 Å². The third-order valence-corrected chi connectivity index (χ3v) is 27.4. The van der Waals surface area contributed by atoms with E-state index in [0.717, 1.165) is 15.8 Å². The Bertz CT molecular complexity index is 497. The zero-order valence-corrected chi connectivity index (χ0v) is 23.5. The molecule has 4 atom stereocenters. The Labute approximate surface area is 186 Å². The molecule has 2 aliphatic carbocycles. The first-order chi connectivity index (χ1) is 13.7. The number of unbranched alkanes of at least 4 members (excludes halogenated alkanes) is 3. The predicted molar refractivity (Wildman–Crippen MR) is 129 cm³/mol. The van der Waals surface area contributed by atoms with Crippen molar-refractivity contribution in [2.24, 2.45) is 11.8 Å². The molecule has 1 saturated heterocycles. The summed E-state index contributed by atoms with van der Waals surface area (Å²) < 4.78 is 19.4. The van der Waals surface area contributed by atoms with Gasteiger partial charge in [0.05, 0.1) is 0 Å². The molecule has 0 spiro atoms. The Kier molecular flexibility index (Phi) is 8.20. The van der Waals surface area contributed by atoms with Crippen LogP contribution in [0, 0.1) is 11.8 Å². The molecule has 0 radical (unpaired) electrons. The second kappa shape index (κ2) is 9.73. The van der Waals surface area contributed by atoms with Gasteiger partial charge in [0.25, 0.3) is 0 Å². The first-order valence-electron chi connectivity index (χ1n) is 13.1. The molecule has 168 valence electrons. The second-order valence-electron chi connectivity index (χ2n) is 11.7. The number of hydrogen-bond acceptors (Lipinski definition) is 2. The fourth-order valence-corrected chi connectivity index (χ4v) is 28.5. The van der Waals surface area contributed by atoms with Gasteiger partial charge in [-0.25, -0.2) is 0 Å². The van der Waals surface area contributed by atoms with Crippen molar-refractivity contribution in [2.75, 3.05) is 0 Å². The molecule has 1 aliphatic heterocycles. The maximum atomic E-state index is 6.75. The molecule has 4 heteroatoms. The van der Waals surface area contributed by atoms with Crippen molar-refractivity contribution in [1.29, 1.82) is 0 Å². The van der Waals surface area contributed by atoms with Crippen molar-refractivity contribution in [2.45, 2.75) is 141 Å². The molecular weight excluding hydrogens is 462 g/mol. The third kappa shape index (κ3) is 4.77. The molecule has 1 heterocycles. The van der Waals surface area contributed by atoms with Crippen LogP contribution in [0.2, 0.25) is 23.1 Å². The summed E-state index contributed by atoms with van der Waals surface area (Å²) >= 11 is -2.32. The summed E-state index contributed by atoms with van der Waals surface area (Å²) in [6.45, 7) is 16.2. The fraction of sp³-hybridized carbons (Fsp3) is 1.00. The first-order valence-corrected chi connectivity index (χ1v) is 20.8. The van der Waals surface area contributed by atoms with Crippen LogP contribution in [0.15, 0.2) is 0 Å². The summed E-state index contributed by atoms with van der Waals surface area (Å²) in [5.74, 6) is 2.59. The SMILES string of the molecule is CCC[CH2][Sn]([CH2]CCC)([CH2]CCC)[C@@H]1[C@H]2CC[C@H](C2)[C@@H]1B1OC(C)(C)C(C)(C)O1. The van der Waals surface area contributed by atoms with E-state index in [9.17, 15) is 0 Å². The zero-order valence-electron chi connectivity index (χ0n) is 20.7. The Morgan fingerprint density at radius 1 is 0.759 bits per heavy atom. The van der Waals surface area contributed by atoms with Crippen LogP contribution < -0.4 is 0 Å². The summed E-state index contributed by atoms with van der Waals surface area (Å²) in [6, 6.07) is 0. The molecule has 0 amide bonds. The van der Waals surface area contributed by atoms with Crippen molar-refractivity contribution in [3.8, 4) is 0 Å². The summed E-state index contributed by atoms with van der Waals surface area (Å²) in [7, 11) is 0.0567. The van der Waals surface area contributed by atoms with Gasteiger partial charge in [-0.3, -0.25) is 0 Å². The van der Waals surface area contributed by atoms with Crippen molar-refractivity contribution in [3.05, 3.63) is 0 Å². The van der Waals surface area contributed by atoms with Crippen LogP contribution in [0.25, 0.3) is 0 Å². The molecule has 3 aliphatic rings. The quantitative estimate of drug-likeness (QED) is 0.261. The predicted octanol–water partition coefficient (Wildman–Crippen LogP) is 8.10. The third-order valence-electron chi connectivity index (χ3n) is 9.36. The minimum absolute atomic E-state index is 0.0567. The van der Waals surface area contributed by atoms with Crippen molar-refractivity contribution >= 4 is 25.5 Å². The van der Waals surface area contributed by atoms with Gasteiger partial charge in [0, 0.05) is 0 Å². The van der Waals surface area contributed by atoms with E-state index >= 15 is 0 Å². The first kappa shape index (κ1) is 24.4. The van der Waals surface area contributed by atoms with Crippen LogP contribution in [0.3, 0.4) is 0 Å². The van der Waals surface area contributed by atoms with Crippen molar-refractivity contribution < 1.29 is 9.31 Å². The van der Waals surface area contributed by atoms with E-state index < -0.39 is 18.4 Å². The monoisotopic (exact) mass is 512 g/mol. The van der Waals surface area contributed by atoms with E-state index in [1.54, 1.807) is 13.3 Å². The van der Waals surface area contributed by atoms with Crippen LogP contribution >= 0.6 is 0 Å². The van der Waals surface area contributed by atoms with Gasteiger partial charge in [-0.1, -0.05) is 0 Å². The summed E-state index contributed by atoms with van der Waals surface area (Å²) in [6.07, 6.45) is 13.0. The number of hydrogen-bond donors (Lipinski definition) is 0. The summed E-state index contributed by atoms with van der Waals surface area (Å²) in [5.41, 5.74) is -0.364. The molecule has 2 nitrogen and oxygen atoms in total. The normalized spacial score (nSPS) is 33.0. The second-order valence-corrected chi connectivity index (χ2v) is 25.7. The molecule has 0 unspecified atom stereocenters. The van der Waals surface area contributed by atoms with Crippen LogP contribution in [-0.4, -0.2) is 36.7 Å². The van der Waals surface area contributed by atoms with Gasteiger partial charge in [0.15, 0.2) is 0 Å². The number of fused-ring (bicyclic) bond motifs is 2. The zero-order chi connectivity index (χ0) is 21.3. The van der Waals surface area contributed by atoms with Crippen LogP contribution in [0.5, 0.6) is 0 Å². The maximum absolute atomic E-state index is 6.75. The summed E-state index contributed by atoms with van der Waals surface area (Å²) in [5, 5.41) is 0. The van der Waals surface area contributed by atoms with Crippen LogP contribution in [-0.2, 0) is 9.31 Å². The van der Waals surface area contributed by atoms with Gasteiger partial charge in [-0.15, -0.1) is 0 Å². The van der Waals surface area contributed by atoms with Gasteiger partial charge < -0.3 is 0 Å². The van der Waals surface area contributed by atoms with E-state index in [-0.39, 0.29) is 18.3 Å². The average molecular weight is 511 g/mol. The van der Waals surface area contributed by atoms with E-state index in [0.29, 0.717) is 5.82 Å². The van der Waals surface area contributed by atoms with E-state index in [1.807, 2.05) is 0 Å². The molecule has 29 heavy (non-hydrogen) atoms. The molecule has 2 bridgehead atoms. The minimum atomic E-state index is -2.32. The Morgan fingerprint density at radius 3 is 1.66 bits per heavy atom. The molecule has 0 aromatic rings.